The van der Waals surface area contributed by atoms with Crippen LogP contribution in [0.15, 0.2) is 48.5 Å². The molecule has 0 saturated heterocycles. The Bertz CT molecular complexity index is 936. The van der Waals surface area contributed by atoms with E-state index in [0.717, 1.165) is 16.8 Å². The number of nitrogens with zero attached hydrogens (tertiary/aromatic N) is 4. The second kappa shape index (κ2) is 5.89. The average Bonchev–Trinajstić information content (AvgIpc) is 3.06. The van der Waals surface area contributed by atoms with Crippen molar-refractivity contribution in [2.24, 2.45) is 0 Å². The highest BCUT2D eigenvalue weighted by molar-refractivity contribution is 6.42. The Morgan fingerprint density at radius 3 is 2.58 bits per heavy atom. The maximum atomic E-state index is 13.2. The third-order valence-corrected chi connectivity index (χ3v) is 4.51. The fraction of sp³-hybridized carbons (Fsp3) is 0.0625. The van der Waals surface area contributed by atoms with Crippen molar-refractivity contribution in [1.82, 2.24) is 20.2 Å². The van der Waals surface area contributed by atoms with E-state index in [-0.39, 0.29) is 11.9 Å². The van der Waals surface area contributed by atoms with Gasteiger partial charge in [0.05, 0.1) is 10.0 Å². The number of allylic oxidation sites excluding steroid dienone is 1. The van der Waals surface area contributed by atoms with Gasteiger partial charge in [-0.1, -0.05) is 34.4 Å². The van der Waals surface area contributed by atoms with E-state index in [1.54, 1.807) is 28.9 Å². The van der Waals surface area contributed by atoms with Crippen LogP contribution < -0.4 is 5.32 Å². The van der Waals surface area contributed by atoms with Crippen molar-refractivity contribution < 1.29 is 4.39 Å². The lowest BCUT2D eigenvalue weighted by Crippen LogP contribution is -2.20. The van der Waals surface area contributed by atoms with Crippen LogP contribution in [0.2, 0.25) is 10.0 Å². The van der Waals surface area contributed by atoms with Crippen LogP contribution in [0.25, 0.3) is 5.70 Å². The van der Waals surface area contributed by atoms with E-state index < -0.39 is 0 Å². The highest BCUT2D eigenvalue weighted by Crippen LogP contribution is 2.34. The molecule has 0 amide bonds. The number of hydrogen-bond acceptors (Lipinski definition) is 4. The second-order valence-corrected chi connectivity index (χ2v) is 6.09. The van der Waals surface area contributed by atoms with Crippen LogP contribution in [0.5, 0.6) is 0 Å². The van der Waals surface area contributed by atoms with Gasteiger partial charge >= 0.3 is 0 Å². The van der Waals surface area contributed by atoms with Gasteiger partial charge in [0.2, 0.25) is 5.95 Å². The molecule has 0 unspecified atom stereocenters. The smallest absolute Gasteiger partial charge is 0.248 e. The molecule has 0 fully saturated rings. The van der Waals surface area contributed by atoms with Crippen LogP contribution in [0.1, 0.15) is 17.2 Å². The van der Waals surface area contributed by atoms with Crippen molar-refractivity contribution in [2.75, 3.05) is 5.32 Å². The SMILES string of the molecule is Fc1ccc(C2=C[C@H](c3ccc(Cl)c(Cl)c3)n3nnnc3N2)cc1. The molecule has 0 spiro atoms. The maximum absolute atomic E-state index is 13.2. The summed E-state index contributed by atoms with van der Waals surface area (Å²) in [6, 6.07) is 11.3. The molecular weight excluding hydrogens is 352 g/mol. The van der Waals surface area contributed by atoms with Crippen molar-refractivity contribution in [3.8, 4) is 0 Å². The third kappa shape index (κ3) is 2.64. The highest BCUT2D eigenvalue weighted by Gasteiger charge is 2.24. The van der Waals surface area contributed by atoms with Crippen molar-refractivity contribution >= 4 is 34.8 Å². The summed E-state index contributed by atoms with van der Waals surface area (Å²) in [6.07, 6.45) is 1.95. The van der Waals surface area contributed by atoms with Gasteiger partial charge in [0, 0.05) is 5.70 Å². The van der Waals surface area contributed by atoms with E-state index in [1.807, 2.05) is 12.1 Å². The molecule has 1 N–H and O–H groups in total. The van der Waals surface area contributed by atoms with E-state index in [2.05, 4.69) is 20.8 Å². The largest absolute Gasteiger partial charge is 0.323 e. The fourth-order valence-electron chi connectivity index (χ4n) is 2.59. The monoisotopic (exact) mass is 361 g/mol. The first-order chi connectivity index (χ1) is 11.6. The summed E-state index contributed by atoms with van der Waals surface area (Å²) >= 11 is 12.1. The number of hydrogen-bond donors (Lipinski definition) is 1. The van der Waals surface area contributed by atoms with Crippen LogP contribution >= 0.6 is 23.2 Å². The molecular formula is C16H10Cl2FN5. The van der Waals surface area contributed by atoms with Gasteiger partial charge in [-0.05, 0) is 64.0 Å². The van der Waals surface area contributed by atoms with E-state index in [4.69, 9.17) is 23.2 Å². The highest BCUT2D eigenvalue weighted by atomic mass is 35.5. The molecule has 24 heavy (non-hydrogen) atoms. The zero-order valence-corrected chi connectivity index (χ0v) is 13.6. The van der Waals surface area contributed by atoms with Crippen LogP contribution in [0, 0.1) is 5.82 Å². The molecule has 1 aliphatic rings. The summed E-state index contributed by atoms with van der Waals surface area (Å²) in [4.78, 5) is 0. The van der Waals surface area contributed by atoms with Gasteiger partial charge in [-0.3, -0.25) is 0 Å². The number of aromatic nitrogens is 4. The summed E-state index contributed by atoms with van der Waals surface area (Å²) in [6.45, 7) is 0. The predicted octanol–water partition coefficient (Wildman–Crippen LogP) is 4.18. The van der Waals surface area contributed by atoms with Crippen molar-refractivity contribution in [1.29, 1.82) is 0 Å². The molecule has 1 atom stereocenters. The van der Waals surface area contributed by atoms with Crippen LogP contribution in [0.4, 0.5) is 10.3 Å². The molecule has 1 aliphatic heterocycles. The molecule has 0 aliphatic carbocycles. The molecule has 2 heterocycles. The first-order valence-corrected chi connectivity index (χ1v) is 7.85. The van der Waals surface area contributed by atoms with Crippen molar-refractivity contribution in [3.63, 3.8) is 0 Å². The molecule has 3 aromatic rings. The molecule has 2 aromatic carbocycles. The Morgan fingerprint density at radius 2 is 1.83 bits per heavy atom. The first kappa shape index (κ1) is 15.1. The number of fused-ring (bicyclic) bond motifs is 1. The summed E-state index contributed by atoms with van der Waals surface area (Å²) in [7, 11) is 0. The van der Waals surface area contributed by atoms with E-state index >= 15 is 0 Å². The summed E-state index contributed by atoms with van der Waals surface area (Å²) in [5.41, 5.74) is 2.50. The Morgan fingerprint density at radius 1 is 1.04 bits per heavy atom. The zero-order chi connectivity index (χ0) is 16.7. The van der Waals surface area contributed by atoms with Gasteiger partial charge < -0.3 is 5.32 Å². The fourth-order valence-corrected chi connectivity index (χ4v) is 2.89. The minimum atomic E-state index is -0.291. The number of anilines is 1. The Balaban J connectivity index is 1.81. The molecule has 0 radical (unpaired) electrons. The number of nitrogens with one attached hydrogen (secondary N) is 1. The average molecular weight is 362 g/mol. The van der Waals surface area contributed by atoms with Crippen LogP contribution in [-0.4, -0.2) is 20.2 Å². The minimum absolute atomic E-state index is 0.258. The van der Waals surface area contributed by atoms with Gasteiger partial charge in [-0.15, -0.1) is 0 Å². The molecule has 4 rings (SSSR count). The van der Waals surface area contributed by atoms with Crippen LogP contribution in [-0.2, 0) is 0 Å². The summed E-state index contributed by atoms with van der Waals surface area (Å²) < 4.78 is 14.8. The van der Waals surface area contributed by atoms with E-state index in [1.165, 1.54) is 12.1 Å². The van der Waals surface area contributed by atoms with E-state index in [9.17, 15) is 4.39 Å². The zero-order valence-electron chi connectivity index (χ0n) is 12.1. The lowest BCUT2D eigenvalue weighted by molar-refractivity contribution is 0.586. The first-order valence-electron chi connectivity index (χ1n) is 7.09. The van der Waals surface area contributed by atoms with Gasteiger partial charge in [0.1, 0.15) is 11.9 Å². The Labute approximate surface area is 146 Å². The van der Waals surface area contributed by atoms with Gasteiger partial charge in [0.25, 0.3) is 0 Å². The number of tetrazole rings is 1. The summed E-state index contributed by atoms with van der Waals surface area (Å²) in [5, 5.41) is 15.8. The van der Waals surface area contributed by atoms with Gasteiger partial charge in [0.15, 0.2) is 0 Å². The number of halogens is 3. The van der Waals surface area contributed by atoms with Crippen molar-refractivity contribution in [2.45, 2.75) is 6.04 Å². The molecule has 0 saturated carbocycles. The Kier molecular flexibility index (Phi) is 3.70. The third-order valence-electron chi connectivity index (χ3n) is 3.77. The van der Waals surface area contributed by atoms with E-state index in [0.29, 0.717) is 16.0 Å². The lowest BCUT2D eigenvalue weighted by atomic mass is 10.0. The van der Waals surface area contributed by atoms with Gasteiger partial charge in [-0.2, -0.15) is 4.68 Å². The number of benzene rings is 2. The molecule has 0 bridgehead atoms. The van der Waals surface area contributed by atoms with Crippen molar-refractivity contribution in [3.05, 3.63) is 75.5 Å². The van der Waals surface area contributed by atoms with Crippen LogP contribution in [0.3, 0.4) is 0 Å². The molecule has 5 nitrogen and oxygen atoms in total. The number of rotatable bonds is 2. The lowest BCUT2D eigenvalue weighted by Gasteiger charge is -2.23. The maximum Gasteiger partial charge on any atom is 0.248 e. The second-order valence-electron chi connectivity index (χ2n) is 5.28. The standard InChI is InChI=1S/C16H10Cl2FN5/c17-12-6-3-10(7-13(12)18)15-8-14(9-1-4-11(19)5-2-9)20-16-21-22-23-24(15)16/h1-8,15H,(H,20,21,23)/t15-/m1/s1. The van der Waals surface area contributed by atoms with Gasteiger partial charge in [-0.25, -0.2) is 4.39 Å². The topological polar surface area (TPSA) is 55.6 Å². The molecule has 8 heteroatoms. The Hall–Kier alpha value is -2.44. The normalized spacial score (nSPS) is 16.3. The molecule has 120 valence electrons. The predicted molar refractivity (Wildman–Crippen MR) is 90.4 cm³/mol. The summed E-state index contributed by atoms with van der Waals surface area (Å²) in [5.74, 6) is 0.203. The quantitative estimate of drug-likeness (QED) is 0.743. The molecule has 1 aromatic heterocycles. The minimum Gasteiger partial charge on any atom is -0.323 e.